The molecule has 0 amide bonds. The molecule has 8 nitrogen and oxygen atoms in total. The van der Waals surface area contributed by atoms with Crippen molar-refractivity contribution in [2.24, 2.45) is 0 Å². The van der Waals surface area contributed by atoms with E-state index in [1.54, 1.807) is 4.31 Å². The Balaban J connectivity index is 1.44. The van der Waals surface area contributed by atoms with E-state index in [1.807, 2.05) is 30.7 Å². The predicted molar refractivity (Wildman–Crippen MR) is 108 cm³/mol. The molecule has 5 rings (SSSR count). The molecule has 0 radical (unpaired) electrons. The Kier molecular flexibility index (Phi) is 4.22. The second-order valence-corrected chi connectivity index (χ2v) is 10.2. The summed E-state index contributed by atoms with van der Waals surface area (Å²) in [5.74, 6) is 0. The highest BCUT2D eigenvalue weighted by molar-refractivity contribution is 7.90. The van der Waals surface area contributed by atoms with Crippen molar-refractivity contribution in [3.05, 3.63) is 37.1 Å². The van der Waals surface area contributed by atoms with Gasteiger partial charge in [0.25, 0.3) is 0 Å². The van der Waals surface area contributed by atoms with Crippen LogP contribution in [0.2, 0.25) is 0 Å². The number of aromatic amines is 1. The second-order valence-electron chi connectivity index (χ2n) is 7.97. The molecule has 29 heavy (non-hydrogen) atoms. The molecule has 2 fully saturated rings. The van der Waals surface area contributed by atoms with E-state index in [0.29, 0.717) is 32.4 Å². The van der Waals surface area contributed by atoms with Crippen LogP contribution in [0.3, 0.4) is 0 Å². The number of nitrogens with one attached hydrogen (secondary N) is 1. The first-order valence-corrected chi connectivity index (χ1v) is 11.4. The minimum Gasteiger partial charge on any atom is -0.346 e. The fourth-order valence-electron chi connectivity index (χ4n) is 4.34. The lowest BCUT2D eigenvalue weighted by Crippen LogP contribution is -2.48. The molecule has 0 atom stereocenters. The summed E-state index contributed by atoms with van der Waals surface area (Å²) in [5, 5.41) is 10.2. The van der Waals surface area contributed by atoms with Gasteiger partial charge in [-0.2, -0.15) is 5.26 Å². The third kappa shape index (κ3) is 3.03. The Labute approximate surface area is 169 Å². The van der Waals surface area contributed by atoms with Crippen LogP contribution < -0.4 is 0 Å². The van der Waals surface area contributed by atoms with Gasteiger partial charge in [-0.05, 0) is 37.8 Å². The van der Waals surface area contributed by atoms with Crippen LogP contribution in [0.1, 0.15) is 32.1 Å². The highest BCUT2D eigenvalue weighted by Gasteiger charge is 2.44. The predicted octanol–water partition coefficient (Wildman–Crippen LogP) is 2.62. The SMILES string of the molecule is N#CCC1(n2ccc(-c3ncnc4[nH]ccc34)c2)CCN(S(=O)(=O)C2CC2)CC1. The molecule has 0 bridgehead atoms. The van der Waals surface area contributed by atoms with Crippen LogP contribution in [0.15, 0.2) is 37.1 Å². The molecule has 0 aromatic carbocycles. The van der Waals surface area contributed by atoms with Crippen molar-refractivity contribution in [2.45, 2.75) is 42.9 Å². The van der Waals surface area contributed by atoms with E-state index < -0.39 is 15.6 Å². The summed E-state index contributed by atoms with van der Waals surface area (Å²) in [7, 11) is -3.17. The number of rotatable bonds is 5. The summed E-state index contributed by atoms with van der Waals surface area (Å²) in [6.45, 7) is 0.924. The molecule has 0 spiro atoms. The number of fused-ring (bicyclic) bond motifs is 1. The molecule has 1 saturated carbocycles. The van der Waals surface area contributed by atoms with Crippen molar-refractivity contribution < 1.29 is 8.42 Å². The number of hydrogen-bond acceptors (Lipinski definition) is 5. The minimum absolute atomic E-state index is 0.189. The van der Waals surface area contributed by atoms with E-state index in [4.69, 9.17) is 0 Å². The Bertz CT molecular complexity index is 1190. The van der Waals surface area contributed by atoms with E-state index in [0.717, 1.165) is 35.1 Å². The van der Waals surface area contributed by atoms with Crippen molar-refractivity contribution in [3.8, 4) is 17.3 Å². The van der Waals surface area contributed by atoms with Crippen LogP contribution in [0.25, 0.3) is 22.3 Å². The number of H-pyrrole nitrogens is 1. The van der Waals surface area contributed by atoms with Crippen molar-refractivity contribution in [1.82, 2.24) is 23.8 Å². The van der Waals surface area contributed by atoms with Gasteiger partial charge in [0.2, 0.25) is 10.0 Å². The maximum atomic E-state index is 12.6. The van der Waals surface area contributed by atoms with E-state index in [1.165, 1.54) is 6.33 Å². The van der Waals surface area contributed by atoms with Crippen molar-refractivity contribution >= 4 is 21.1 Å². The average molecular weight is 411 g/mol. The summed E-state index contributed by atoms with van der Waals surface area (Å²) in [6.07, 6.45) is 10.5. The van der Waals surface area contributed by atoms with Crippen molar-refractivity contribution in [1.29, 1.82) is 5.26 Å². The average Bonchev–Trinajstić information content (AvgIpc) is 3.28. The van der Waals surface area contributed by atoms with Gasteiger partial charge in [0.05, 0.1) is 29.0 Å². The van der Waals surface area contributed by atoms with Gasteiger partial charge in [-0.3, -0.25) is 0 Å². The van der Waals surface area contributed by atoms with E-state index >= 15 is 0 Å². The van der Waals surface area contributed by atoms with Crippen molar-refractivity contribution in [2.75, 3.05) is 13.1 Å². The normalized spacial score (nSPS) is 20.0. The van der Waals surface area contributed by atoms with Crippen LogP contribution in [-0.2, 0) is 15.6 Å². The molecule has 9 heteroatoms. The van der Waals surface area contributed by atoms with Gasteiger partial charge < -0.3 is 9.55 Å². The molecule has 1 aliphatic carbocycles. The Morgan fingerprint density at radius 1 is 1.24 bits per heavy atom. The fourth-order valence-corrected chi connectivity index (χ4v) is 6.19. The van der Waals surface area contributed by atoms with Gasteiger partial charge in [0.15, 0.2) is 0 Å². The molecule has 1 saturated heterocycles. The number of piperidine rings is 1. The molecular formula is C20H22N6O2S. The molecule has 3 aromatic heterocycles. The molecule has 150 valence electrons. The van der Waals surface area contributed by atoms with Gasteiger partial charge in [-0.15, -0.1) is 0 Å². The summed E-state index contributed by atoms with van der Waals surface area (Å²) in [4.78, 5) is 11.8. The monoisotopic (exact) mass is 410 g/mol. The van der Waals surface area contributed by atoms with Gasteiger partial charge in [-0.1, -0.05) is 0 Å². The smallest absolute Gasteiger partial charge is 0.216 e. The molecule has 1 aliphatic heterocycles. The van der Waals surface area contributed by atoms with Gasteiger partial charge in [-0.25, -0.2) is 22.7 Å². The number of sulfonamides is 1. The lowest BCUT2D eigenvalue weighted by molar-refractivity contribution is 0.163. The van der Waals surface area contributed by atoms with Crippen LogP contribution >= 0.6 is 0 Å². The highest BCUT2D eigenvalue weighted by Crippen LogP contribution is 2.39. The summed E-state index contributed by atoms with van der Waals surface area (Å²) >= 11 is 0. The first-order chi connectivity index (χ1) is 14.0. The summed E-state index contributed by atoms with van der Waals surface area (Å²) in [5.41, 5.74) is 2.19. The first kappa shape index (κ1) is 18.3. The second kappa shape index (κ2) is 6.68. The zero-order valence-corrected chi connectivity index (χ0v) is 16.8. The molecule has 0 unspecified atom stereocenters. The van der Waals surface area contributed by atoms with Gasteiger partial charge in [0.1, 0.15) is 12.0 Å². The number of aromatic nitrogens is 4. The molecule has 3 aromatic rings. The number of nitriles is 1. The van der Waals surface area contributed by atoms with Gasteiger partial charge >= 0.3 is 0 Å². The van der Waals surface area contributed by atoms with E-state index in [9.17, 15) is 13.7 Å². The van der Waals surface area contributed by atoms with E-state index in [2.05, 4.69) is 25.6 Å². The lowest BCUT2D eigenvalue weighted by atomic mass is 9.85. The fraction of sp³-hybridized carbons (Fsp3) is 0.450. The van der Waals surface area contributed by atoms with Gasteiger partial charge in [0, 0.05) is 42.6 Å². The van der Waals surface area contributed by atoms with Crippen LogP contribution in [-0.4, -0.2) is 50.6 Å². The topological polar surface area (TPSA) is 108 Å². The van der Waals surface area contributed by atoms with Crippen LogP contribution in [0.5, 0.6) is 0 Å². The van der Waals surface area contributed by atoms with Crippen LogP contribution in [0, 0.1) is 11.3 Å². The lowest BCUT2D eigenvalue weighted by Gasteiger charge is -2.41. The Morgan fingerprint density at radius 3 is 2.76 bits per heavy atom. The first-order valence-electron chi connectivity index (χ1n) is 9.86. The minimum atomic E-state index is -3.17. The standard InChI is InChI=1S/C20H22N6O2S/c21-8-5-20(6-11-26(12-7-20)29(27,28)16-1-2-16)25-10-4-15(13-25)18-17-3-9-22-19(17)24-14-23-18/h3-4,9-10,13-14,16H,1-2,5-7,11-12H2,(H,22,23,24). The number of hydrogen-bond donors (Lipinski definition) is 1. The number of nitrogens with zero attached hydrogens (tertiary/aromatic N) is 5. The molecule has 1 N–H and O–H groups in total. The highest BCUT2D eigenvalue weighted by atomic mass is 32.2. The van der Waals surface area contributed by atoms with E-state index in [-0.39, 0.29) is 5.25 Å². The largest absolute Gasteiger partial charge is 0.346 e. The zero-order valence-electron chi connectivity index (χ0n) is 16.0. The maximum Gasteiger partial charge on any atom is 0.216 e. The third-order valence-corrected chi connectivity index (χ3v) is 8.63. The quantitative estimate of drug-likeness (QED) is 0.696. The molecule has 2 aliphatic rings. The summed E-state index contributed by atoms with van der Waals surface area (Å²) in [6, 6.07) is 6.27. The molecule has 4 heterocycles. The Hall–Kier alpha value is -2.70. The Morgan fingerprint density at radius 2 is 2.03 bits per heavy atom. The van der Waals surface area contributed by atoms with Crippen LogP contribution in [0.4, 0.5) is 0 Å². The molecular weight excluding hydrogens is 388 g/mol. The third-order valence-electron chi connectivity index (χ3n) is 6.23. The zero-order chi connectivity index (χ0) is 20.1. The van der Waals surface area contributed by atoms with Crippen molar-refractivity contribution in [3.63, 3.8) is 0 Å². The maximum absolute atomic E-state index is 12.6. The summed E-state index contributed by atoms with van der Waals surface area (Å²) < 4.78 is 28.9.